The third-order valence-electron chi connectivity index (χ3n) is 4.76. The highest BCUT2D eigenvalue weighted by atomic mass is 19.4. The number of alkyl halides is 5. The standard InChI is InChI=1S/C19H15F5N4O2/c20-18(21)28-13-5-6-25-14(15(13)26-17(28)19(22,23)24)11-1-3-12(4-2-11)16(29)27-7-9-30-10-8-27/h1-6,18H,7-10H2. The van der Waals surface area contributed by atoms with Gasteiger partial charge in [0.1, 0.15) is 5.52 Å². The molecule has 0 saturated carbocycles. The normalized spacial score (nSPS) is 15.2. The lowest BCUT2D eigenvalue weighted by atomic mass is 10.1. The van der Waals surface area contributed by atoms with Gasteiger partial charge in [-0.25, -0.2) is 4.98 Å². The average Bonchev–Trinajstić information content (AvgIpc) is 3.15. The fourth-order valence-electron chi connectivity index (χ4n) is 3.35. The molecule has 1 aromatic carbocycles. The molecule has 0 aliphatic carbocycles. The van der Waals surface area contributed by atoms with Crippen LogP contribution >= 0.6 is 0 Å². The summed E-state index contributed by atoms with van der Waals surface area (Å²) < 4.78 is 71.3. The number of fused-ring (bicyclic) bond motifs is 1. The van der Waals surface area contributed by atoms with Gasteiger partial charge in [-0.1, -0.05) is 12.1 Å². The summed E-state index contributed by atoms with van der Waals surface area (Å²) in [6, 6.07) is 7.10. The van der Waals surface area contributed by atoms with E-state index >= 15 is 0 Å². The van der Waals surface area contributed by atoms with Crippen LogP contribution in [-0.4, -0.2) is 51.6 Å². The van der Waals surface area contributed by atoms with Crippen molar-refractivity contribution in [2.75, 3.05) is 26.3 Å². The van der Waals surface area contributed by atoms with E-state index in [9.17, 15) is 26.7 Å². The summed E-state index contributed by atoms with van der Waals surface area (Å²) in [5, 5.41) is 0. The minimum Gasteiger partial charge on any atom is -0.378 e. The number of nitrogens with zero attached hydrogens (tertiary/aromatic N) is 4. The zero-order chi connectivity index (χ0) is 21.5. The van der Waals surface area contributed by atoms with Crippen LogP contribution in [0.25, 0.3) is 22.3 Å². The van der Waals surface area contributed by atoms with Gasteiger partial charge in [0.2, 0.25) is 5.82 Å². The molecule has 3 aromatic rings. The van der Waals surface area contributed by atoms with Crippen LogP contribution in [0.5, 0.6) is 0 Å². The number of ether oxygens (including phenoxy) is 1. The van der Waals surface area contributed by atoms with Crippen molar-refractivity contribution in [3.63, 3.8) is 0 Å². The van der Waals surface area contributed by atoms with Crippen LogP contribution in [-0.2, 0) is 10.9 Å². The third kappa shape index (κ3) is 3.60. The predicted molar refractivity (Wildman–Crippen MR) is 95.9 cm³/mol. The molecule has 1 aliphatic rings. The Hall–Kier alpha value is -3.08. The van der Waals surface area contributed by atoms with Gasteiger partial charge in [0.25, 0.3) is 5.91 Å². The van der Waals surface area contributed by atoms with E-state index in [0.29, 0.717) is 37.4 Å². The van der Waals surface area contributed by atoms with Gasteiger partial charge in [0.05, 0.1) is 24.4 Å². The summed E-state index contributed by atoms with van der Waals surface area (Å²) in [5.74, 6) is -1.89. The van der Waals surface area contributed by atoms with Crippen molar-refractivity contribution in [2.24, 2.45) is 0 Å². The zero-order valence-electron chi connectivity index (χ0n) is 15.4. The predicted octanol–water partition coefficient (Wildman–Crippen LogP) is 3.98. The Morgan fingerprint density at radius 3 is 2.33 bits per heavy atom. The number of aromatic nitrogens is 3. The first-order valence-electron chi connectivity index (χ1n) is 8.97. The van der Waals surface area contributed by atoms with Crippen molar-refractivity contribution in [3.05, 3.63) is 47.9 Å². The molecule has 158 valence electrons. The molecule has 1 saturated heterocycles. The van der Waals surface area contributed by atoms with Crippen LogP contribution in [0.15, 0.2) is 36.5 Å². The monoisotopic (exact) mass is 426 g/mol. The van der Waals surface area contributed by atoms with Crippen LogP contribution in [0, 0.1) is 0 Å². The van der Waals surface area contributed by atoms with Gasteiger partial charge >= 0.3 is 12.7 Å². The van der Waals surface area contributed by atoms with Crippen LogP contribution < -0.4 is 0 Å². The van der Waals surface area contributed by atoms with E-state index < -0.39 is 18.6 Å². The van der Waals surface area contributed by atoms with Crippen LogP contribution in [0.2, 0.25) is 0 Å². The molecule has 3 heterocycles. The number of hydrogen-bond acceptors (Lipinski definition) is 4. The molecule has 0 spiro atoms. The lowest BCUT2D eigenvalue weighted by molar-refractivity contribution is -0.151. The highest BCUT2D eigenvalue weighted by Crippen LogP contribution is 2.37. The topological polar surface area (TPSA) is 60.2 Å². The van der Waals surface area contributed by atoms with Crippen molar-refractivity contribution < 1.29 is 31.5 Å². The van der Waals surface area contributed by atoms with E-state index in [-0.39, 0.29) is 27.2 Å². The molecule has 2 aromatic heterocycles. The van der Waals surface area contributed by atoms with Gasteiger partial charge in [-0.2, -0.15) is 22.0 Å². The van der Waals surface area contributed by atoms with Gasteiger partial charge in [-0.3, -0.25) is 14.3 Å². The highest BCUT2D eigenvalue weighted by Gasteiger charge is 2.40. The number of halogens is 5. The molecule has 1 fully saturated rings. The number of benzene rings is 1. The first-order valence-corrected chi connectivity index (χ1v) is 8.97. The Balaban J connectivity index is 1.74. The van der Waals surface area contributed by atoms with Crippen molar-refractivity contribution >= 4 is 16.9 Å². The summed E-state index contributed by atoms with van der Waals surface area (Å²) in [4.78, 5) is 21.6. The Bertz CT molecular complexity index is 1070. The second-order valence-corrected chi connectivity index (χ2v) is 6.59. The van der Waals surface area contributed by atoms with Crippen molar-refractivity contribution in [2.45, 2.75) is 12.7 Å². The quantitative estimate of drug-likeness (QED) is 0.595. The molecule has 1 amide bonds. The molecule has 6 nitrogen and oxygen atoms in total. The van der Waals surface area contributed by atoms with Crippen LogP contribution in [0.3, 0.4) is 0 Å². The molecule has 0 radical (unpaired) electrons. The number of morpholine rings is 1. The maximum absolute atomic E-state index is 13.3. The Morgan fingerprint density at radius 1 is 1.07 bits per heavy atom. The third-order valence-corrected chi connectivity index (χ3v) is 4.76. The smallest absolute Gasteiger partial charge is 0.378 e. The Labute approximate surface area is 166 Å². The molecule has 0 bridgehead atoms. The van der Waals surface area contributed by atoms with E-state index in [1.165, 1.54) is 24.3 Å². The summed E-state index contributed by atoms with van der Waals surface area (Å²) in [6.07, 6.45) is -3.91. The first-order chi connectivity index (χ1) is 14.3. The van der Waals surface area contributed by atoms with Crippen LogP contribution in [0.4, 0.5) is 22.0 Å². The van der Waals surface area contributed by atoms with Gasteiger partial charge in [0.15, 0.2) is 0 Å². The van der Waals surface area contributed by atoms with Gasteiger partial charge in [-0.05, 0) is 18.2 Å². The average molecular weight is 426 g/mol. The zero-order valence-corrected chi connectivity index (χ0v) is 15.4. The molecule has 4 rings (SSSR count). The number of amides is 1. The van der Waals surface area contributed by atoms with E-state index in [1.54, 1.807) is 4.90 Å². The molecule has 11 heteroatoms. The molecular weight excluding hydrogens is 411 g/mol. The summed E-state index contributed by atoms with van der Waals surface area (Å²) >= 11 is 0. The van der Waals surface area contributed by atoms with Crippen molar-refractivity contribution in [3.8, 4) is 11.3 Å². The van der Waals surface area contributed by atoms with Gasteiger partial charge < -0.3 is 9.64 Å². The van der Waals surface area contributed by atoms with Gasteiger partial charge in [0, 0.05) is 30.4 Å². The number of carbonyl (C=O) groups excluding carboxylic acids is 1. The minimum atomic E-state index is -5.05. The molecule has 30 heavy (non-hydrogen) atoms. The van der Waals surface area contributed by atoms with E-state index in [0.717, 1.165) is 12.3 Å². The molecule has 0 atom stereocenters. The highest BCUT2D eigenvalue weighted by molar-refractivity contribution is 5.96. The summed E-state index contributed by atoms with van der Waals surface area (Å²) in [5.41, 5.74) is 0.0876. The lowest BCUT2D eigenvalue weighted by Crippen LogP contribution is -2.40. The maximum atomic E-state index is 13.3. The van der Waals surface area contributed by atoms with E-state index in [2.05, 4.69) is 9.97 Å². The SMILES string of the molecule is O=C(c1ccc(-c2nccc3c2nc(C(F)(F)F)n3C(F)F)cc1)N1CCOCC1. The van der Waals surface area contributed by atoms with Gasteiger partial charge in [-0.15, -0.1) is 0 Å². The molecule has 0 unspecified atom stereocenters. The Kier molecular flexibility index (Phi) is 5.14. The van der Waals surface area contributed by atoms with E-state index in [4.69, 9.17) is 4.74 Å². The van der Waals surface area contributed by atoms with Crippen molar-refractivity contribution in [1.29, 1.82) is 0 Å². The fraction of sp³-hybridized carbons (Fsp3) is 0.316. The maximum Gasteiger partial charge on any atom is 0.449 e. The summed E-state index contributed by atoms with van der Waals surface area (Å²) in [6.45, 7) is -1.59. The molecule has 1 aliphatic heterocycles. The van der Waals surface area contributed by atoms with Crippen LogP contribution in [0.1, 0.15) is 22.7 Å². The number of rotatable bonds is 3. The lowest BCUT2D eigenvalue weighted by Gasteiger charge is -2.26. The second-order valence-electron chi connectivity index (χ2n) is 6.59. The fourth-order valence-corrected chi connectivity index (χ4v) is 3.35. The van der Waals surface area contributed by atoms with E-state index in [1.807, 2.05) is 0 Å². The molecule has 0 N–H and O–H groups in total. The number of pyridine rings is 1. The second kappa shape index (κ2) is 7.63. The molecular formula is C19H15F5N4O2. The first kappa shape index (κ1) is 20.2. The Morgan fingerprint density at radius 2 is 1.73 bits per heavy atom. The van der Waals surface area contributed by atoms with Crippen molar-refractivity contribution in [1.82, 2.24) is 19.4 Å². The number of imidazole rings is 1. The number of hydrogen-bond donors (Lipinski definition) is 0. The minimum absolute atomic E-state index is 0.0165. The summed E-state index contributed by atoms with van der Waals surface area (Å²) in [7, 11) is 0. The number of carbonyl (C=O) groups is 1. The largest absolute Gasteiger partial charge is 0.449 e.